The molecule has 4 N–H and O–H groups in total. The predicted molar refractivity (Wildman–Crippen MR) is 98.7 cm³/mol. The Morgan fingerprint density at radius 2 is 1.84 bits per heavy atom. The first-order chi connectivity index (χ1) is 12.0. The van der Waals surface area contributed by atoms with Crippen molar-refractivity contribution in [2.75, 3.05) is 13.2 Å². The van der Waals surface area contributed by atoms with Gasteiger partial charge in [0.2, 0.25) is 5.91 Å². The van der Waals surface area contributed by atoms with Crippen LogP contribution < -0.4 is 15.8 Å². The lowest BCUT2D eigenvalue weighted by Gasteiger charge is -2.17. The van der Waals surface area contributed by atoms with Gasteiger partial charge in [0.1, 0.15) is 18.5 Å². The quantitative estimate of drug-likeness (QED) is 0.617. The zero-order valence-corrected chi connectivity index (χ0v) is 14.5. The number of rotatable bonds is 10. The average molecular weight is 342 g/mol. The molecule has 5 heteroatoms. The number of carbonyl (C=O) groups excluding carboxylic acids is 1. The molecule has 0 aliphatic heterocycles. The lowest BCUT2D eigenvalue weighted by molar-refractivity contribution is 0.1000. The van der Waals surface area contributed by atoms with E-state index in [-0.39, 0.29) is 12.6 Å². The summed E-state index contributed by atoms with van der Waals surface area (Å²) in [6, 6.07) is 17.1. The van der Waals surface area contributed by atoms with Crippen molar-refractivity contribution in [2.24, 2.45) is 5.73 Å². The summed E-state index contributed by atoms with van der Waals surface area (Å²) in [6.07, 6.45) is 1.27. The van der Waals surface area contributed by atoms with E-state index in [9.17, 15) is 9.90 Å². The first kappa shape index (κ1) is 19.0. The molecule has 0 saturated heterocycles. The molecule has 5 nitrogen and oxygen atoms in total. The summed E-state index contributed by atoms with van der Waals surface area (Å²) in [5.41, 5.74) is 6.92. The molecule has 2 rings (SSSR count). The van der Waals surface area contributed by atoms with Gasteiger partial charge in [0.05, 0.1) is 0 Å². The second-order valence-electron chi connectivity index (χ2n) is 6.19. The predicted octanol–water partition coefficient (Wildman–Crippen LogP) is 2.14. The molecule has 0 unspecified atom stereocenters. The number of amides is 1. The van der Waals surface area contributed by atoms with Crippen LogP contribution in [0.4, 0.5) is 0 Å². The Balaban J connectivity index is 1.64. The first-order valence-corrected chi connectivity index (χ1v) is 8.52. The van der Waals surface area contributed by atoms with Gasteiger partial charge in [-0.3, -0.25) is 4.79 Å². The SMILES string of the molecule is C[C@H](CCc1ccc(C(N)=O)cc1)NC[C@@H](O)COc1ccccc1. The molecule has 2 atom stereocenters. The Morgan fingerprint density at radius 3 is 2.48 bits per heavy atom. The number of carbonyl (C=O) groups is 1. The molecule has 0 fully saturated rings. The fourth-order valence-corrected chi connectivity index (χ4v) is 2.43. The minimum Gasteiger partial charge on any atom is -0.491 e. The number of aliphatic hydroxyl groups is 1. The van der Waals surface area contributed by atoms with Crippen LogP contribution >= 0.6 is 0 Å². The molecule has 0 heterocycles. The van der Waals surface area contributed by atoms with Gasteiger partial charge < -0.3 is 20.9 Å². The number of para-hydroxylation sites is 1. The highest BCUT2D eigenvalue weighted by molar-refractivity contribution is 5.92. The van der Waals surface area contributed by atoms with E-state index >= 15 is 0 Å². The Hall–Kier alpha value is -2.37. The third-order valence-corrected chi connectivity index (χ3v) is 3.99. The van der Waals surface area contributed by atoms with Gasteiger partial charge in [0.25, 0.3) is 0 Å². The number of hydrogen-bond acceptors (Lipinski definition) is 4. The summed E-state index contributed by atoms with van der Waals surface area (Å²) in [5, 5.41) is 13.3. The van der Waals surface area contributed by atoms with E-state index < -0.39 is 12.0 Å². The van der Waals surface area contributed by atoms with Crippen molar-refractivity contribution in [1.29, 1.82) is 0 Å². The third-order valence-electron chi connectivity index (χ3n) is 3.99. The minimum atomic E-state index is -0.558. The van der Waals surface area contributed by atoms with Gasteiger partial charge in [-0.15, -0.1) is 0 Å². The van der Waals surface area contributed by atoms with Crippen molar-refractivity contribution in [1.82, 2.24) is 5.32 Å². The Morgan fingerprint density at radius 1 is 1.16 bits per heavy atom. The Bertz CT molecular complexity index is 644. The molecule has 2 aromatic carbocycles. The molecular weight excluding hydrogens is 316 g/mol. The lowest BCUT2D eigenvalue weighted by atomic mass is 10.0. The summed E-state index contributed by atoms with van der Waals surface area (Å²) in [4.78, 5) is 11.0. The number of nitrogens with two attached hydrogens (primary N) is 1. The minimum absolute atomic E-state index is 0.262. The van der Waals surface area contributed by atoms with E-state index in [1.807, 2.05) is 42.5 Å². The van der Waals surface area contributed by atoms with Crippen molar-refractivity contribution in [3.63, 3.8) is 0 Å². The topological polar surface area (TPSA) is 84.6 Å². The first-order valence-electron chi connectivity index (χ1n) is 8.52. The number of nitrogens with one attached hydrogen (secondary N) is 1. The smallest absolute Gasteiger partial charge is 0.248 e. The third kappa shape index (κ3) is 6.95. The van der Waals surface area contributed by atoms with Crippen LogP contribution in [0.2, 0.25) is 0 Å². The molecule has 0 aliphatic rings. The van der Waals surface area contributed by atoms with E-state index in [1.165, 1.54) is 0 Å². The number of aryl methyl sites for hydroxylation is 1. The molecule has 1 amide bonds. The van der Waals surface area contributed by atoms with Gasteiger partial charge in [-0.25, -0.2) is 0 Å². The zero-order valence-electron chi connectivity index (χ0n) is 14.5. The molecular formula is C20H26N2O3. The van der Waals surface area contributed by atoms with Crippen molar-refractivity contribution < 1.29 is 14.6 Å². The van der Waals surface area contributed by atoms with Gasteiger partial charge in [-0.05, 0) is 49.6 Å². The van der Waals surface area contributed by atoms with Crippen LogP contribution in [-0.4, -0.2) is 36.3 Å². The second kappa shape index (κ2) is 9.81. The van der Waals surface area contributed by atoms with E-state index in [0.717, 1.165) is 24.2 Å². The van der Waals surface area contributed by atoms with Crippen molar-refractivity contribution in [3.8, 4) is 5.75 Å². The molecule has 0 radical (unpaired) electrons. The van der Waals surface area contributed by atoms with Crippen LogP contribution in [0.1, 0.15) is 29.3 Å². The maximum Gasteiger partial charge on any atom is 0.248 e. The van der Waals surface area contributed by atoms with Gasteiger partial charge >= 0.3 is 0 Å². The summed E-state index contributed by atoms with van der Waals surface area (Å²) >= 11 is 0. The highest BCUT2D eigenvalue weighted by Gasteiger charge is 2.09. The van der Waals surface area contributed by atoms with Gasteiger partial charge in [0, 0.05) is 18.2 Å². The van der Waals surface area contributed by atoms with Crippen LogP contribution in [-0.2, 0) is 6.42 Å². The standard InChI is InChI=1S/C20H26N2O3/c1-15(7-8-16-9-11-17(12-10-16)20(21)24)22-13-18(23)14-25-19-5-3-2-4-6-19/h2-6,9-12,15,18,22-23H,7-8,13-14H2,1H3,(H2,21,24)/t15-,18-/m1/s1. The van der Waals surface area contributed by atoms with E-state index in [1.54, 1.807) is 12.1 Å². The van der Waals surface area contributed by atoms with Crippen LogP contribution in [0, 0.1) is 0 Å². The Kier molecular flexibility index (Phi) is 7.44. The second-order valence-corrected chi connectivity index (χ2v) is 6.19. The highest BCUT2D eigenvalue weighted by atomic mass is 16.5. The van der Waals surface area contributed by atoms with Crippen LogP contribution in [0.15, 0.2) is 54.6 Å². The van der Waals surface area contributed by atoms with Gasteiger partial charge in [0.15, 0.2) is 0 Å². The molecule has 0 aliphatic carbocycles. The molecule has 134 valence electrons. The summed E-state index contributed by atoms with van der Waals surface area (Å²) in [6.45, 7) is 2.83. The zero-order chi connectivity index (χ0) is 18.1. The molecule has 0 spiro atoms. The summed E-state index contributed by atoms with van der Waals surface area (Å²) in [5.74, 6) is 0.349. The maximum atomic E-state index is 11.0. The van der Waals surface area contributed by atoms with Gasteiger partial charge in [-0.2, -0.15) is 0 Å². The van der Waals surface area contributed by atoms with Crippen LogP contribution in [0.3, 0.4) is 0 Å². The van der Waals surface area contributed by atoms with Crippen molar-refractivity contribution in [3.05, 3.63) is 65.7 Å². The number of ether oxygens (including phenoxy) is 1. The Labute approximate surface area is 148 Å². The molecule has 0 bridgehead atoms. The number of benzene rings is 2. The van der Waals surface area contributed by atoms with E-state index in [0.29, 0.717) is 12.1 Å². The number of hydrogen-bond donors (Lipinski definition) is 3. The largest absolute Gasteiger partial charge is 0.491 e. The van der Waals surface area contributed by atoms with Gasteiger partial charge in [-0.1, -0.05) is 30.3 Å². The van der Waals surface area contributed by atoms with Crippen LogP contribution in [0.25, 0.3) is 0 Å². The molecule has 0 saturated carbocycles. The van der Waals surface area contributed by atoms with Crippen molar-refractivity contribution >= 4 is 5.91 Å². The normalized spacial score (nSPS) is 13.2. The molecule has 0 aromatic heterocycles. The fourth-order valence-electron chi connectivity index (χ4n) is 2.43. The van der Waals surface area contributed by atoms with E-state index in [2.05, 4.69) is 12.2 Å². The lowest BCUT2D eigenvalue weighted by Crippen LogP contribution is -2.36. The summed E-state index contributed by atoms with van der Waals surface area (Å²) < 4.78 is 5.53. The monoisotopic (exact) mass is 342 g/mol. The summed E-state index contributed by atoms with van der Waals surface area (Å²) in [7, 11) is 0. The molecule has 2 aromatic rings. The highest BCUT2D eigenvalue weighted by Crippen LogP contribution is 2.09. The molecule has 25 heavy (non-hydrogen) atoms. The number of primary amides is 1. The fraction of sp³-hybridized carbons (Fsp3) is 0.350. The van der Waals surface area contributed by atoms with E-state index in [4.69, 9.17) is 10.5 Å². The van der Waals surface area contributed by atoms with Crippen LogP contribution in [0.5, 0.6) is 5.75 Å². The average Bonchev–Trinajstić information content (AvgIpc) is 2.64. The maximum absolute atomic E-state index is 11.0. The van der Waals surface area contributed by atoms with Crippen molar-refractivity contribution in [2.45, 2.75) is 31.9 Å². The number of aliphatic hydroxyl groups excluding tert-OH is 1.